The molecule has 2 fully saturated rings. The predicted molar refractivity (Wildman–Crippen MR) is 67.2 cm³/mol. The number of carboxylic acids is 1. The number of hydrogen-bond acceptors (Lipinski definition) is 3. The first-order chi connectivity index (χ1) is 8.70. The Morgan fingerprint density at radius 1 is 1.06 bits per heavy atom. The zero-order chi connectivity index (χ0) is 13.0. The van der Waals surface area contributed by atoms with E-state index in [1.165, 1.54) is 0 Å². The van der Waals surface area contributed by atoms with Gasteiger partial charge in [0.1, 0.15) is 6.04 Å². The average molecular weight is 254 g/mol. The van der Waals surface area contributed by atoms with Gasteiger partial charge in [-0.05, 0) is 32.2 Å². The maximum atomic E-state index is 12.4. The zero-order valence-electron chi connectivity index (χ0n) is 10.7. The fraction of sp³-hybridized carbons (Fsp3) is 0.846. The third-order valence-electron chi connectivity index (χ3n) is 3.93. The number of hydrogen-bond donors (Lipinski definition) is 2. The van der Waals surface area contributed by atoms with Crippen LogP contribution in [0.5, 0.6) is 0 Å². The van der Waals surface area contributed by atoms with Gasteiger partial charge >= 0.3 is 5.97 Å². The van der Waals surface area contributed by atoms with Crippen molar-refractivity contribution in [1.29, 1.82) is 0 Å². The van der Waals surface area contributed by atoms with Crippen molar-refractivity contribution in [3.8, 4) is 0 Å². The van der Waals surface area contributed by atoms with Crippen LogP contribution in [-0.4, -0.2) is 47.1 Å². The molecule has 1 unspecified atom stereocenters. The summed E-state index contributed by atoms with van der Waals surface area (Å²) in [6.45, 7) is 1.45. The van der Waals surface area contributed by atoms with Crippen LogP contribution in [0.1, 0.15) is 44.9 Å². The van der Waals surface area contributed by atoms with Crippen molar-refractivity contribution in [3.63, 3.8) is 0 Å². The number of nitrogens with zero attached hydrogens (tertiary/aromatic N) is 1. The molecule has 1 amide bonds. The summed E-state index contributed by atoms with van der Waals surface area (Å²) in [5, 5.41) is 12.5. The Hall–Kier alpha value is -1.10. The third-order valence-corrected chi connectivity index (χ3v) is 3.93. The molecule has 2 saturated heterocycles. The van der Waals surface area contributed by atoms with E-state index in [0.717, 1.165) is 45.1 Å². The summed E-state index contributed by atoms with van der Waals surface area (Å²) in [6, 6.07) is -0.789. The Morgan fingerprint density at radius 2 is 1.83 bits per heavy atom. The van der Waals surface area contributed by atoms with Gasteiger partial charge in [0.15, 0.2) is 0 Å². The Balaban J connectivity index is 2.06. The number of amides is 1. The summed E-state index contributed by atoms with van der Waals surface area (Å²) in [5.74, 6) is -0.870. The van der Waals surface area contributed by atoms with Crippen LogP contribution in [0.25, 0.3) is 0 Å². The first kappa shape index (κ1) is 13.3. The summed E-state index contributed by atoms with van der Waals surface area (Å²) >= 11 is 0. The number of carbonyl (C=O) groups is 2. The van der Waals surface area contributed by atoms with Gasteiger partial charge in [-0.25, -0.2) is 4.79 Å². The first-order valence-electron chi connectivity index (χ1n) is 6.97. The predicted octanol–water partition coefficient (Wildman–Crippen LogP) is 0.984. The molecular weight excluding hydrogens is 232 g/mol. The number of carboxylic acid groups (broad SMARTS) is 1. The lowest BCUT2D eigenvalue weighted by Crippen LogP contribution is -2.53. The molecule has 18 heavy (non-hydrogen) atoms. The van der Waals surface area contributed by atoms with Crippen LogP contribution in [0.4, 0.5) is 0 Å². The van der Waals surface area contributed by atoms with Crippen molar-refractivity contribution in [2.45, 2.75) is 57.0 Å². The molecule has 5 nitrogen and oxygen atoms in total. The second kappa shape index (κ2) is 6.18. The van der Waals surface area contributed by atoms with Crippen molar-refractivity contribution in [3.05, 3.63) is 0 Å². The Bertz CT molecular complexity index is 313. The van der Waals surface area contributed by atoms with Crippen molar-refractivity contribution in [2.75, 3.05) is 13.1 Å². The molecule has 2 aliphatic rings. The Morgan fingerprint density at radius 3 is 2.50 bits per heavy atom. The SMILES string of the molecule is O=C(O)C1CCCCCN1C(=O)[C@@H]1CCCCN1. The largest absolute Gasteiger partial charge is 0.480 e. The van der Waals surface area contributed by atoms with Crippen LogP contribution in [-0.2, 0) is 9.59 Å². The van der Waals surface area contributed by atoms with Crippen LogP contribution in [0, 0.1) is 0 Å². The molecule has 5 heteroatoms. The van der Waals surface area contributed by atoms with E-state index in [0.29, 0.717) is 13.0 Å². The quantitative estimate of drug-likeness (QED) is 0.771. The monoisotopic (exact) mass is 254 g/mol. The second-order valence-electron chi connectivity index (χ2n) is 5.24. The minimum Gasteiger partial charge on any atom is -0.480 e. The molecule has 0 aliphatic carbocycles. The molecule has 0 aromatic carbocycles. The molecule has 0 aromatic rings. The molecule has 2 atom stereocenters. The highest BCUT2D eigenvalue weighted by atomic mass is 16.4. The van der Waals surface area contributed by atoms with E-state index in [4.69, 9.17) is 0 Å². The number of nitrogens with one attached hydrogen (secondary N) is 1. The van der Waals surface area contributed by atoms with Gasteiger partial charge in [0.25, 0.3) is 0 Å². The van der Waals surface area contributed by atoms with Crippen LogP contribution in [0.15, 0.2) is 0 Å². The number of rotatable bonds is 2. The minimum atomic E-state index is -0.860. The number of carbonyl (C=O) groups excluding carboxylic acids is 1. The van der Waals surface area contributed by atoms with E-state index in [2.05, 4.69) is 5.32 Å². The van der Waals surface area contributed by atoms with Crippen molar-refractivity contribution in [2.24, 2.45) is 0 Å². The van der Waals surface area contributed by atoms with Crippen LogP contribution >= 0.6 is 0 Å². The van der Waals surface area contributed by atoms with E-state index < -0.39 is 12.0 Å². The number of piperidine rings is 1. The molecule has 2 heterocycles. The lowest BCUT2D eigenvalue weighted by Gasteiger charge is -2.32. The van der Waals surface area contributed by atoms with Crippen LogP contribution in [0.2, 0.25) is 0 Å². The summed E-state index contributed by atoms with van der Waals surface area (Å²) in [7, 11) is 0. The van der Waals surface area contributed by atoms with E-state index >= 15 is 0 Å². The van der Waals surface area contributed by atoms with Crippen molar-refractivity contribution >= 4 is 11.9 Å². The number of likely N-dealkylation sites (tertiary alicyclic amines) is 1. The molecule has 2 aliphatic heterocycles. The molecule has 2 N–H and O–H groups in total. The van der Waals surface area contributed by atoms with Gasteiger partial charge in [0, 0.05) is 6.54 Å². The van der Waals surface area contributed by atoms with E-state index in [1.807, 2.05) is 0 Å². The molecule has 2 rings (SSSR count). The van der Waals surface area contributed by atoms with Gasteiger partial charge in [-0.15, -0.1) is 0 Å². The first-order valence-corrected chi connectivity index (χ1v) is 6.97. The fourth-order valence-corrected chi connectivity index (χ4v) is 2.89. The maximum Gasteiger partial charge on any atom is 0.326 e. The molecular formula is C13H22N2O3. The smallest absolute Gasteiger partial charge is 0.326 e. The lowest BCUT2D eigenvalue weighted by atomic mass is 10.0. The fourth-order valence-electron chi connectivity index (χ4n) is 2.89. The zero-order valence-corrected chi connectivity index (χ0v) is 10.7. The number of aliphatic carboxylic acids is 1. The van der Waals surface area contributed by atoms with Gasteiger partial charge in [-0.1, -0.05) is 19.3 Å². The van der Waals surface area contributed by atoms with Gasteiger partial charge in [0.05, 0.1) is 6.04 Å². The van der Waals surface area contributed by atoms with Gasteiger partial charge in [0.2, 0.25) is 5.91 Å². The van der Waals surface area contributed by atoms with E-state index in [9.17, 15) is 14.7 Å². The summed E-state index contributed by atoms with van der Waals surface area (Å²) < 4.78 is 0. The lowest BCUT2D eigenvalue weighted by molar-refractivity contribution is -0.151. The van der Waals surface area contributed by atoms with Crippen molar-refractivity contribution in [1.82, 2.24) is 10.2 Å². The summed E-state index contributed by atoms with van der Waals surface area (Å²) in [4.78, 5) is 25.3. The second-order valence-corrected chi connectivity index (χ2v) is 5.24. The highest BCUT2D eigenvalue weighted by molar-refractivity contribution is 5.87. The molecule has 0 radical (unpaired) electrons. The summed E-state index contributed by atoms with van der Waals surface area (Å²) in [5.41, 5.74) is 0. The highest BCUT2D eigenvalue weighted by Gasteiger charge is 2.34. The van der Waals surface area contributed by atoms with Gasteiger partial charge in [-0.2, -0.15) is 0 Å². The highest BCUT2D eigenvalue weighted by Crippen LogP contribution is 2.20. The van der Waals surface area contributed by atoms with Gasteiger partial charge in [-0.3, -0.25) is 4.79 Å². The molecule has 0 saturated carbocycles. The third kappa shape index (κ3) is 3.02. The van der Waals surface area contributed by atoms with Crippen LogP contribution in [0.3, 0.4) is 0 Å². The normalized spacial score (nSPS) is 29.7. The summed E-state index contributed by atoms with van der Waals surface area (Å²) in [6.07, 6.45) is 6.42. The molecule has 0 aromatic heterocycles. The molecule has 102 valence electrons. The standard InChI is InChI=1S/C13H22N2O3/c16-12(10-6-3-4-8-14-10)15-9-5-1-2-7-11(15)13(17)18/h10-11,14H,1-9H2,(H,17,18)/t10-,11?/m0/s1. The Labute approximate surface area is 108 Å². The Kier molecular flexibility index (Phi) is 4.58. The van der Waals surface area contributed by atoms with Gasteiger partial charge < -0.3 is 15.3 Å². The minimum absolute atomic E-state index is 0.0102. The van der Waals surface area contributed by atoms with Crippen LogP contribution < -0.4 is 5.32 Å². The molecule has 0 spiro atoms. The van der Waals surface area contributed by atoms with Crippen molar-refractivity contribution < 1.29 is 14.7 Å². The average Bonchev–Trinajstić information content (AvgIpc) is 2.64. The topological polar surface area (TPSA) is 69.6 Å². The maximum absolute atomic E-state index is 12.4. The van der Waals surface area contributed by atoms with E-state index in [1.54, 1.807) is 4.90 Å². The molecule has 0 bridgehead atoms. The van der Waals surface area contributed by atoms with E-state index in [-0.39, 0.29) is 11.9 Å².